The Bertz CT molecular complexity index is 359. The van der Waals surface area contributed by atoms with Gasteiger partial charge in [0, 0.05) is 22.9 Å². The van der Waals surface area contributed by atoms with Gasteiger partial charge in [-0.2, -0.15) is 11.8 Å². The van der Waals surface area contributed by atoms with Gasteiger partial charge < -0.3 is 4.74 Å². The Morgan fingerprint density at radius 3 is 2.94 bits per heavy atom. The van der Waals surface area contributed by atoms with Crippen LogP contribution in [-0.4, -0.2) is 30.0 Å². The molecule has 0 atom stereocenters. The summed E-state index contributed by atoms with van der Waals surface area (Å²) in [6.07, 6.45) is 2.15. The molecule has 0 amide bonds. The second-order valence-electron chi connectivity index (χ2n) is 3.64. The molecule has 0 radical (unpaired) electrons. The number of carbonyl (C=O) groups excluding carboxylic acids is 1. The van der Waals surface area contributed by atoms with Gasteiger partial charge in [0.25, 0.3) is 0 Å². The van der Waals surface area contributed by atoms with Gasteiger partial charge in [0.1, 0.15) is 0 Å². The molecule has 2 rings (SSSR count). The average Bonchev–Trinajstić information content (AvgIpc) is 2.74. The fourth-order valence-corrected chi connectivity index (χ4v) is 4.28. The molecule has 1 aromatic rings. The highest BCUT2D eigenvalue weighted by Crippen LogP contribution is 2.27. The minimum Gasteiger partial charge on any atom is -0.381 e. The molecule has 0 bridgehead atoms. The molecule has 1 saturated heterocycles. The molecule has 0 aromatic carbocycles. The molecular weight excluding hydrogens is 308 g/mol. The molecule has 2 nitrogen and oxygen atoms in total. The summed E-state index contributed by atoms with van der Waals surface area (Å²) in [5.74, 6) is 0.822. The zero-order chi connectivity index (χ0) is 11.4. The van der Waals surface area contributed by atoms with Crippen LogP contribution in [0.4, 0.5) is 0 Å². The fourth-order valence-electron chi connectivity index (χ4n) is 1.59. The number of carbonyl (C=O) groups is 1. The molecule has 1 aromatic heterocycles. The number of hydrogen-bond donors (Lipinski definition) is 0. The molecule has 5 heteroatoms. The van der Waals surface area contributed by atoms with Crippen molar-refractivity contribution in [2.45, 2.75) is 18.1 Å². The van der Waals surface area contributed by atoms with Crippen molar-refractivity contribution < 1.29 is 9.53 Å². The first-order chi connectivity index (χ1) is 7.77. The minimum absolute atomic E-state index is 0.235. The zero-order valence-electron chi connectivity index (χ0n) is 8.78. The van der Waals surface area contributed by atoms with E-state index in [2.05, 4.69) is 15.9 Å². The van der Waals surface area contributed by atoms with Crippen LogP contribution in [0.3, 0.4) is 0 Å². The largest absolute Gasteiger partial charge is 0.381 e. The van der Waals surface area contributed by atoms with Gasteiger partial charge in [0.15, 0.2) is 5.78 Å². The Morgan fingerprint density at radius 1 is 1.56 bits per heavy atom. The summed E-state index contributed by atoms with van der Waals surface area (Å²) in [6.45, 7) is 1.68. The van der Waals surface area contributed by atoms with E-state index in [1.165, 1.54) is 11.3 Å². The third-order valence-electron chi connectivity index (χ3n) is 2.49. The van der Waals surface area contributed by atoms with Crippen LogP contribution in [0.1, 0.15) is 22.5 Å². The van der Waals surface area contributed by atoms with E-state index in [9.17, 15) is 4.79 Å². The van der Waals surface area contributed by atoms with Crippen molar-refractivity contribution in [1.82, 2.24) is 0 Å². The molecule has 0 spiro atoms. The topological polar surface area (TPSA) is 26.3 Å². The summed E-state index contributed by atoms with van der Waals surface area (Å²) in [7, 11) is 0. The van der Waals surface area contributed by atoms with Crippen LogP contribution in [0, 0.1) is 0 Å². The number of hydrogen-bond acceptors (Lipinski definition) is 4. The zero-order valence-corrected chi connectivity index (χ0v) is 12.0. The maximum absolute atomic E-state index is 11.9. The first-order valence-corrected chi connectivity index (χ1v) is 7.95. The molecule has 16 heavy (non-hydrogen) atoms. The standard InChI is InChI=1S/C11H13BrO2S2/c12-9-3-6-15-11(9)10(13)7-16-8-1-4-14-5-2-8/h3,6,8H,1-2,4-5,7H2. The highest BCUT2D eigenvalue weighted by atomic mass is 79.9. The first-order valence-electron chi connectivity index (χ1n) is 5.23. The molecule has 0 saturated carbocycles. The van der Waals surface area contributed by atoms with Crippen LogP contribution in [0.5, 0.6) is 0 Å². The van der Waals surface area contributed by atoms with E-state index in [4.69, 9.17) is 4.74 Å². The number of thioether (sulfide) groups is 1. The Labute approximate surface area is 112 Å². The van der Waals surface area contributed by atoms with Crippen LogP contribution in [-0.2, 0) is 4.74 Å². The smallest absolute Gasteiger partial charge is 0.183 e. The lowest BCUT2D eigenvalue weighted by Crippen LogP contribution is -2.19. The maximum atomic E-state index is 11.9. The molecule has 0 aliphatic carbocycles. The van der Waals surface area contributed by atoms with Crippen LogP contribution in [0.15, 0.2) is 15.9 Å². The van der Waals surface area contributed by atoms with Crippen LogP contribution < -0.4 is 0 Å². The second-order valence-corrected chi connectivity index (χ2v) is 6.70. The predicted molar refractivity (Wildman–Crippen MR) is 72.6 cm³/mol. The SMILES string of the molecule is O=C(CSC1CCOCC1)c1sccc1Br. The van der Waals surface area contributed by atoms with Gasteiger partial charge in [0.2, 0.25) is 0 Å². The van der Waals surface area contributed by atoms with E-state index < -0.39 is 0 Å². The van der Waals surface area contributed by atoms with Gasteiger partial charge in [-0.15, -0.1) is 11.3 Å². The molecule has 1 aliphatic heterocycles. The number of thiophene rings is 1. The number of ketones is 1. The normalized spacial score (nSPS) is 17.6. The van der Waals surface area contributed by atoms with Gasteiger partial charge in [-0.3, -0.25) is 4.79 Å². The van der Waals surface area contributed by atoms with Gasteiger partial charge in [-0.25, -0.2) is 0 Å². The third-order valence-corrected chi connectivity index (χ3v) is 5.74. The Hall–Kier alpha value is 0.160. The quantitative estimate of drug-likeness (QED) is 0.793. The minimum atomic E-state index is 0.235. The van der Waals surface area contributed by atoms with Crippen molar-refractivity contribution in [2.24, 2.45) is 0 Å². The summed E-state index contributed by atoms with van der Waals surface area (Å²) >= 11 is 6.67. The van der Waals surface area contributed by atoms with E-state index in [1.54, 1.807) is 11.8 Å². The van der Waals surface area contributed by atoms with Crippen molar-refractivity contribution in [3.05, 3.63) is 20.8 Å². The highest BCUT2D eigenvalue weighted by Gasteiger charge is 2.17. The number of Topliss-reactive ketones (excluding diaryl/α,β-unsaturated/α-hetero) is 1. The lowest BCUT2D eigenvalue weighted by atomic mass is 10.2. The van der Waals surface area contributed by atoms with E-state index in [1.807, 2.05) is 11.4 Å². The molecule has 0 N–H and O–H groups in total. The van der Waals surface area contributed by atoms with E-state index >= 15 is 0 Å². The molecule has 1 fully saturated rings. The molecule has 88 valence electrons. The van der Waals surface area contributed by atoms with Crippen LogP contribution in [0.25, 0.3) is 0 Å². The second kappa shape index (κ2) is 6.19. The third kappa shape index (κ3) is 3.32. The summed E-state index contributed by atoms with van der Waals surface area (Å²) in [5, 5.41) is 2.53. The van der Waals surface area contributed by atoms with E-state index in [0.29, 0.717) is 11.0 Å². The Morgan fingerprint density at radius 2 is 2.31 bits per heavy atom. The average molecular weight is 321 g/mol. The van der Waals surface area contributed by atoms with Crippen molar-refractivity contribution in [2.75, 3.05) is 19.0 Å². The van der Waals surface area contributed by atoms with E-state index in [-0.39, 0.29) is 5.78 Å². The van der Waals surface area contributed by atoms with Gasteiger partial charge >= 0.3 is 0 Å². The van der Waals surface area contributed by atoms with Gasteiger partial charge in [-0.05, 0) is 40.2 Å². The number of halogens is 1. The lowest BCUT2D eigenvalue weighted by Gasteiger charge is -2.20. The molecule has 2 heterocycles. The maximum Gasteiger partial charge on any atom is 0.183 e. The molecule has 1 aliphatic rings. The van der Waals surface area contributed by atoms with Crippen molar-refractivity contribution in [3.63, 3.8) is 0 Å². The Balaban J connectivity index is 1.81. The van der Waals surface area contributed by atoms with Crippen molar-refractivity contribution >= 4 is 44.8 Å². The predicted octanol–water partition coefficient (Wildman–Crippen LogP) is 3.61. The Kier molecular flexibility index (Phi) is 4.88. The van der Waals surface area contributed by atoms with Gasteiger partial charge in [0.05, 0.1) is 10.6 Å². The molecule has 0 unspecified atom stereocenters. The number of rotatable bonds is 4. The monoisotopic (exact) mass is 320 g/mol. The first kappa shape index (κ1) is 12.6. The lowest BCUT2D eigenvalue weighted by molar-refractivity contribution is 0.0989. The number of ether oxygens (including phenoxy) is 1. The van der Waals surface area contributed by atoms with Crippen LogP contribution >= 0.6 is 39.0 Å². The summed E-state index contributed by atoms with van der Waals surface area (Å²) in [6, 6.07) is 1.93. The highest BCUT2D eigenvalue weighted by molar-refractivity contribution is 9.10. The van der Waals surface area contributed by atoms with Crippen molar-refractivity contribution in [3.8, 4) is 0 Å². The van der Waals surface area contributed by atoms with Crippen molar-refractivity contribution in [1.29, 1.82) is 0 Å². The van der Waals surface area contributed by atoms with Crippen LogP contribution in [0.2, 0.25) is 0 Å². The van der Waals surface area contributed by atoms with Gasteiger partial charge in [-0.1, -0.05) is 0 Å². The van der Waals surface area contributed by atoms with E-state index in [0.717, 1.165) is 35.4 Å². The summed E-state index contributed by atoms with van der Waals surface area (Å²) in [5.41, 5.74) is 0. The summed E-state index contributed by atoms with van der Waals surface area (Å²) in [4.78, 5) is 12.7. The summed E-state index contributed by atoms with van der Waals surface area (Å²) < 4.78 is 6.22. The fraction of sp³-hybridized carbons (Fsp3) is 0.545. The molecular formula is C11H13BrO2S2.